The first-order valence-electron chi connectivity index (χ1n) is 7.85. The molecule has 4 nitrogen and oxygen atoms in total. The van der Waals surface area contributed by atoms with E-state index in [1.165, 1.54) is 0 Å². The molecule has 0 bridgehead atoms. The van der Waals surface area contributed by atoms with Gasteiger partial charge in [-0.3, -0.25) is 9.59 Å². The number of hydrogen-bond acceptors (Lipinski definition) is 2. The highest BCUT2D eigenvalue weighted by atomic mass is 16.2. The second-order valence-electron chi connectivity index (χ2n) is 5.15. The van der Waals surface area contributed by atoms with E-state index in [0.29, 0.717) is 24.2 Å². The quantitative estimate of drug-likeness (QED) is 0.686. The Kier molecular flexibility index (Phi) is 8.17. The Bertz CT molecular complexity index is 458. The molecular formula is C17H26N2O2. The highest BCUT2D eigenvalue weighted by molar-refractivity contribution is 5.99. The number of rotatable bonds is 9. The van der Waals surface area contributed by atoms with Gasteiger partial charge in [0.05, 0.1) is 0 Å². The fourth-order valence-electron chi connectivity index (χ4n) is 1.96. The summed E-state index contributed by atoms with van der Waals surface area (Å²) in [6.45, 7) is 5.56. The molecule has 0 saturated carbocycles. The average Bonchev–Trinajstić information content (AvgIpc) is 2.51. The Balaban J connectivity index is 2.54. The third kappa shape index (κ3) is 6.43. The summed E-state index contributed by atoms with van der Waals surface area (Å²) in [5, 5.41) is 5.74. The van der Waals surface area contributed by atoms with E-state index in [-0.39, 0.29) is 11.8 Å². The maximum Gasteiger partial charge on any atom is 0.251 e. The zero-order valence-electron chi connectivity index (χ0n) is 13.1. The molecule has 4 heteroatoms. The molecule has 0 unspecified atom stereocenters. The maximum atomic E-state index is 12.0. The zero-order chi connectivity index (χ0) is 15.5. The largest absolute Gasteiger partial charge is 0.352 e. The smallest absolute Gasteiger partial charge is 0.251 e. The molecule has 0 aliphatic rings. The lowest BCUT2D eigenvalue weighted by molar-refractivity contribution is 0.0952. The number of hydrogen-bond donors (Lipinski definition) is 2. The van der Waals surface area contributed by atoms with Crippen molar-refractivity contribution < 1.29 is 9.59 Å². The van der Waals surface area contributed by atoms with E-state index in [1.807, 2.05) is 0 Å². The van der Waals surface area contributed by atoms with Gasteiger partial charge in [0.15, 0.2) is 0 Å². The Morgan fingerprint density at radius 1 is 0.857 bits per heavy atom. The van der Waals surface area contributed by atoms with Crippen molar-refractivity contribution in [2.45, 2.75) is 46.0 Å². The van der Waals surface area contributed by atoms with Gasteiger partial charge in [-0.2, -0.15) is 0 Å². The van der Waals surface area contributed by atoms with Gasteiger partial charge in [0.25, 0.3) is 11.8 Å². The van der Waals surface area contributed by atoms with Crippen LogP contribution in [0.3, 0.4) is 0 Å². The van der Waals surface area contributed by atoms with Crippen molar-refractivity contribution in [1.29, 1.82) is 0 Å². The average molecular weight is 290 g/mol. The molecule has 2 N–H and O–H groups in total. The highest BCUT2D eigenvalue weighted by Gasteiger charge is 2.09. The maximum absolute atomic E-state index is 12.0. The van der Waals surface area contributed by atoms with Crippen LogP contribution in [0, 0.1) is 0 Å². The van der Waals surface area contributed by atoms with Gasteiger partial charge in [-0.25, -0.2) is 0 Å². The van der Waals surface area contributed by atoms with E-state index in [2.05, 4.69) is 24.5 Å². The normalized spacial score (nSPS) is 10.2. The molecule has 0 aliphatic heterocycles. The molecule has 2 amide bonds. The third-order valence-electron chi connectivity index (χ3n) is 3.27. The summed E-state index contributed by atoms with van der Waals surface area (Å²) in [6.07, 6.45) is 5.23. The summed E-state index contributed by atoms with van der Waals surface area (Å²) in [6, 6.07) is 6.86. The minimum Gasteiger partial charge on any atom is -0.352 e. The van der Waals surface area contributed by atoms with Gasteiger partial charge < -0.3 is 10.6 Å². The molecule has 0 atom stereocenters. The van der Waals surface area contributed by atoms with Crippen molar-refractivity contribution in [3.8, 4) is 0 Å². The van der Waals surface area contributed by atoms with Gasteiger partial charge in [0.2, 0.25) is 0 Å². The van der Waals surface area contributed by atoms with Crippen molar-refractivity contribution in [3.05, 3.63) is 35.4 Å². The summed E-state index contributed by atoms with van der Waals surface area (Å²) in [5.74, 6) is -0.238. The minimum atomic E-state index is -0.121. The lowest BCUT2D eigenvalue weighted by Crippen LogP contribution is -2.26. The standard InChI is InChI=1S/C17H26N2O2/c1-3-5-7-12-19-17(21)15-10-8-9-14(13-15)16(20)18-11-6-4-2/h8-10,13H,3-7,11-12H2,1-2H3,(H,18,20)(H,19,21). The van der Waals surface area contributed by atoms with Crippen molar-refractivity contribution in [3.63, 3.8) is 0 Å². The molecule has 0 aliphatic carbocycles. The number of benzene rings is 1. The summed E-state index contributed by atoms with van der Waals surface area (Å²) in [7, 11) is 0. The first-order chi connectivity index (χ1) is 10.2. The van der Waals surface area contributed by atoms with Crippen molar-refractivity contribution in [2.75, 3.05) is 13.1 Å². The fourth-order valence-corrected chi connectivity index (χ4v) is 1.96. The molecule has 116 valence electrons. The topological polar surface area (TPSA) is 58.2 Å². The number of unbranched alkanes of at least 4 members (excludes halogenated alkanes) is 3. The molecule has 1 aromatic carbocycles. The van der Waals surface area contributed by atoms with E-state index in [4.69, 9.17) is 0 Å². The van der Waals surface area contributed by atoms with Crippen LogP contribution in [0.15, 0.2) is 24.3 Å². The molecule has 1 rings (SSSR count). The van der Waals surface area contributed by atoms with Crippen molar-refractivity contribution in [1.82, 2.24) is 10.6 Å². The van der Waals surface area contributed by atoms with Crippen LogP contribution in [0.1, 0.15) is 66.7 Å². The van der Waals surface area contributed by atoms with Crippen LogP contribution in [-0.2, 0) is 0 Å². The van der Waals surface area contributed by atoms with E-state index in [1.54, 1.807) is 24.3 Å². The summed E-state index contributed by atoms with van der Waals surface area (Å²) in [5.41, 5.74) is 1.07. The minimum absolute atomic E-state index is 0.116. The molecule has 0 heterocycles. The van der Waals surface area contributed by atoms with E-state index < -0.39 is 0 Å². The van der Waals surface area contributed by atoms with Crippen LogP contribution < -0.4 is 10.6 Å². The molecule has 0 aromatic heterocycles. The molecule has 0 fully saturated rings. The van der Waals surface area contributed by atoms with Crippen LogP contribution in [0.2, 0.25) is 0 Å². The lowest BCUT2D eigenvalue weighted by Gasteiger charge is -2.07. The van der Waals surface area contributed by atoms with Gasteiger partial charge in [-0.1, -0.05) is 39.2 Å². The Morgan fingerprint density at radius 3 is 1.90 bits per heavy atom. The van der Waals surface area contributed by atoms with Crippen LogP contribution in [0.4, 0.5) is 0 Å². The SMILES string of the molecule is CCCCCNC(=O)c1cccc(C(=O)NCCCC)c1. The van der Waals surface area contributed by atoms with E-state index >= 15 is 0 Å². The molecule has 0 saturated heterocycles. The lowest BCUT2D eigenvalue weighted by atomic mass is 10.1. The van der Waals surface area contributed by atoms with Gasteiger partial charge in [-0.15, -0.1) is 0 Å². The van der Waals surface area contributed by atoms with Gasteiger partial charge >= 0.3 is 0 Å². The number of amides is 2. The van der Waals surface area contributed by atoms with Crippen molar-refractivity contribution >= 4 is 11.8 Å². The van der Waals surface area contributed by atoms with Crippen LogP contribution in [0.5, 0.6) is 0 Å². The van der Waals surface area contributed by atoms with Gasteiger partial charge in [0.1, 0.15) is 0 Å². The predicted molar refractivity (Wildman–Crippen MR) is 85.5 cm³/mol. The molecule has 0 radical (unpaired) electrons. The summed E-state index contributed by atoms with van der Waals surface area (Å²) in [4.78, 5) is 24.0. The van der Waals surface area contributed by atoms with E-state index in [9.17, 15) is 9.59 Å². The van der Waals surface area contributed by atoms with Crippen LogP contribution >= 0.6 is 0 Å². The number of carbonyl (C=O) groups excluding carboxylic acids is 2. The Labute approximate surface area is 127 Å². The first kappa shape index (κ1) is 17.2. The van der Waals surface area contributed by atoms with Crippen molar-refractivity contribution in [2.24, 2.45) is 0 Å². The fraction of sp³-hybridized carbons (Fsp3) is 0.529. The van der Waals surface area contributed by atoms with Gasteiger partial charge in [-0.05, 0) is 31.0 Å². The second-order valence-corrected chi connectivity index (χ2v) is 5.15. The molecule has 0 spiro atoms. The summed E-state index contributed by atoms with van der Waals surface area (Å²) < 4.78 is 0. The van der Waals surface area contributed by atoms with Crippen LogP contribution in [0.25, 0.3) is 0 Å². The second kappa shape index (κ2) is 9.97. The van der Waals surface area contributed by atoms with E-state index in [0.717, 1.165) is 32.1 Å². The Hall–Kier alpha value is -1.84. The Morgan fingerprint density at radius 2 is 1.38 bits per heavy atom. The first-order valence-corrected chi connectivity index (χ1v) is 7.85. The van der Waals surface area contributed by atoms with Gasteiger partial charge in [0, 0.05) is 24.2 Å². The monoisotopic (exact) mass is 290 g/mol. The predicted octanol–water partition coefficient (Wildman–Crippen LogP) is 3.14. The molecule has 21 heavy (non-hydrogen) atoms. The third-order valence-corrected chi connectivity index (χ3v) is 3.27. The zero-order valence-corrected chi connectivity index (χ0v) is 13.1. The molecule has 1 aromatic rings. The summed E-state index contributed by atoms with van der Waals surface area (Å²) >= 11 is 0. The number of nitrogens with one attached hydrogen (secondary N) is 2. The highest BCUT2D eigenvalue weighted by Crippen LogP contribution is 2.06. The van der Waals surface area contributed by atoms with Crippen LogP contribution in [-0.4, -0.2) is 24.9 Å². The molecular weight excluding hydrogens is 264 g/mol. The number of carbonyl (C=O) groups is 2.